The second-order valence-electron chi connectivity index (χ2n) is 8.16. The van der Waals surface area contributed by atoms with Gasteiger partial charge < -0.3 is 15.4 Å². The number of hydrogen-bond acceptors (Lipinski definition) is 3. The number of halogens is 1. The minimum absolute atomic E-state index is 0.186. The number of carbonyl (C=O) groups is 2. The molecule has 1 aliphatic rings. The van der Waals surface area contributed by atoms with Crippen LogP contribution in [0.1, 0.15) is 66.7 Å². The summed E-state index contributed by atoms with van der Waals surface area (Å²) in [6, 6.07) is 12.3. The molecule has 0 atom stereocenters. The maximum Gasteiger partial charge on any atom is 0.259 e. The molecule has 30 heavy (non-hydrogen) atoms. The van der Waals surface area contributed by atoms with Crippen LogP contribution in [0.25, 0.3) is 0 Å². The van der Waals surface area contributed by atoms with Crippen LogP contribution in [-0.2, 0) is 0 Å². The maximum absolute atomic E-state index is 12.8. The highest BCUT2D eigenvalue weighted by Gasteiger charge is 2.19. The highest BCUT2D eigenvalue weighted by atomic mass is 35.5. The molecule has 0 aromatic heterocycles. The highest BCUT2D eigenvalue weighted by molar-refractivity contribution is 6.34. The van der Waals surface area contributed by atoms with Crippen molar-refractivity contribution in [1.82, 2.24) is 5.32 Å². The smallest absolute Gasteiger partial charge is 0.259 e. The molecule has 6 heteroatoms. The fourth-order valence-electron chi connectivity index (χ4n) is 3.52. The predicted octanol–water partition coefficient (Wildman–Crippen LogP) is 5.69. The summed E-state index contributed by atoms with van der Waals surface area (Å²) in [6.07, 6.45) is 5.47. The number of amides is 2. The summed E-state index contributed by atoms with van der Waals surface area (Å²) in [5.74, 6) is 0.384. The van der Waals surface area contributed by atoms with E-state index in [0.29, 0.717) is 40.1 Å². The largest absolute Gasteiger partial charge is 0.492 e. The van der Waals surface area contributed by atoms with Gasteiger partial charge in [0, 0.05) is 11.7 Å². The van der Waals surface area contributed by atoms with E-state index in [-0.39, 0.29) is 17.9 Å². The van der Waals surface area contributed by atoms with E-state index in [1.165, 1.54) is 6.42 Å². The second-order valence-corrected chi connectivity index (χ2v) is 8.57. The van der Waals surface area contributed by atoms with Crippen LogP contribution in [0.2, 0.25) is 5.02 Å². The molecule has 0 spiro atoms. The Morgan fingerprint density at radius 2 is 1.77 bits per heavy atom. The van der Waals surface area contributed by atoms with E-state index < -0.39 is 0 Å². The fraction of sp³-hybridized carbons (Fsp3) is 0.417. The van der Waals surface area contributed by atoms with Gasteiger partial charge in [0.25, 0.3) is 11.8 Å². The van der Waals surface area contributed by atoms with Crippen LogP contribution in [-0.4, -0.2) is 24.5 Å². The molecule has 2 aromatic carbocycles. The molecule has 2 amide bonds. The molecule has 0 saturated heterocycles. The average Bonchev–Trinajstić information content (AvgIpc) is 2.74. The van der Waals surface area contributed by atoms with Gasteiger partial charge in [0.2, 0.25) is 0 Å². The zero-order valence-electron chi connectivity index (χ0n) is 17.5. The van der Waals surface area contributed by atoms with Crippen molar-refractivity contribution in [3.63, 3.8) is 0 Å². The van der Waals surface area contributed by atoms with Crippen molar-refractivity contribution in [2.24, 2.45) is 5.92 Å². The van der Waals surface area contributed by atoms with Crippen LogP contribution < -0.4 is 15.4 Å². The Bertz CT molecular complexity index is 892. The number of benzene rings is 2. The van der Waals surface area contributed by atoms with Gasteiger partial charge in [-0.3, -0.25) is 9.59 Å². The van der Waals surface area contributed by atoms with Crippen molar-refractivity contribution in [2.45, 2.75) is 52.0 Å². The van der Waals surface area contributed by atoms with Gasteiger partial charge in [0.15, 0.2) is 0 Å². The van der Waals surface area contributed by atoms with E-state index in [1.54, 1.807) is 36.4 Å². The lowest BCUT2D eigenvalue weighted by molar-refractivity contribution is 0.0926. The summed E-state index contributed by atoms with van der Waals surface area (Å²) in [6.45, 7) is 4.63. The lowest BCUT2D eigenvalue weighted by Crippen LogP contribution is -2.36. The normalized spacial score (nSPS) is 14.4. The van der Waals surface area contributed by atoms with Gasteiger partial charge in [-0.1, -0.05) is 56.8 Å². The molecule has 0 bridgehead atoms. The van der Waals surface area contributed by atoms with Gasteiger partial charge in [-0.15, -0.1) is 0 Å². The zero-order chi connectivity index (χ0) is 21.5. The minimum Gasteiger partial charge on any atom is -0.492 e. The van der Waals surface area contributed by atoms with Crippen LogP contribution in [0.15, 0.2) is 42.5 Å². The van der Waals surface area contributed by atoms with Gasteiger partial charge in [-0.25, -0.2) is 0 Å². The molecule has 0 heterocycles. The number of hydrogen-bond donors (Lipinski definition) is 2. The van der Waals surface area contributed by atoms with Crippen molar-refractivity contribution in [3.05, 3.63) is 58.6 Å². The Morgan fingerprint density at radius 3 is 2.50 bits per heavy atom. The first kappa shape index (κ1) is 22.2. The molecule has 1 fully saturated rings. The summed E-state index contributed by atoms with van der Waals surface area (Å²) in [4.78, 5) is 25.6. The summed E-state index contributed by atoms with van der Waals surface area (Å²) >= 11 is 6.26. The van der Waals surface area contributed by atoms with Crippen molar-refractivity contribution in [2.75, 3.05) is 11.9 Å². The minimum atomic E-state index is -0.296. The van der Waals surface area contributed by atoms with Crippen molar-refractivity contribution >= 4 is 29.1 Å². The molecule has 2 aromatic rings. The molecule has 0 radical (unpaired) electrons. The molecular formula is C24H29ClN2O3. The first-order chi connectivity index (χ1) is 14.4. The summed E-state index contributed by atoms with van der Waals surface area (Å²) in [5.41, 5.74) is 1.32. The summed E-state index contributed by atoms with van der Waals surface area (Å²) < 4.78 is 5.78. The van der Waals surface area contributed by atoms with Crippen molar-refractivity contribution in [1.29, 1.82) is 0 Å². The Labute approximate surface area is 183 Å². The lowest BCUT2D eigenvalue weighted by atomic mass is 9.95. The third-order valence-electron chi connectivity index (χ3n) is 5.11. The first-order valence-corrected chi connectivity index (χ1v) is 11.0. The highest BCUT2D eigenvalue weighted by Crippen LogP contribution is 2.25. The van der Waals surface area contributed by atoms with Gasteiger partial charge in [0.05, 0.1) is 22.8 Å². The molecule has 0 unspecified atom stereocenters. The maximum atomic E-state index is 12.8. The van der Waals surface area contributed by atoms with Gasteiger partial charge in [-0.2, -0.15) is 0 Å². The van der Waals surface area contributed by atoms with Gasteiger partial charge >= 0.3 is 0 Å². The van der Waals surface area contributed by atoms with Crippen molar-refractivity contribution < 1.29 is 14.3 Å². The second kappa shape index (κ2) is 10.5. The van der Waals surface area contributed by atoms with Crippen LogP contribution in [0.3, 0.4) is 0 Å². The van der Waals surface area contributed by atoms with Crippen LogP contribution >= 0.6 is 11.6 Å². The van der Waals surface area contributed by atoms with E-state index in [9.17, 15) is 9.59 Å². The standard InChI is InChI=1S/C24H29ClN2O3/c1-16(2)15-30-22-11-7-6-10-19(22)23(28)27-18-12-13-21(25)20(14-18)24(29)26-17-8-4-3-5-9-17/h6-7,10-14,16-17H,3-5,8-9,15H2,1-2H3,(H,26,29)(H,27,28). The number of carbonyl (C=O) groups excluding carboxylic acids is 2. The van der Waals surface area contributed by atoms with E-state index in [0.717, 1.165) is 25.7 Å². The van der Waals surface area contributed by atoms with E-state index in [1.807, 2.05) is 6.07 Å². The SMILES string of the molecule is CC(C)COc1ccccc1C(=O)Nc1ccc(Cl)c(C(=O)NC2CCCCC2)c1. The molecule has 1 saturated carbocycles. The first-order valence-electron chi connectivity index (χ1n) is 10.6. The topological polar surface area (TPSA) is 67.4 Å². The number of anilines is 1. The zero-order valence-corrected chi connectivity index (χ0v) is 18.3. The number of nitrogens with one attached hydrogen (secondary N) is 2. The molecule has 3 rings (SSSR count). The van der Waals surface area contributed by atoms with Crippen LogP contribution in [0.5, 0.6) is 5.75 Å². The van der Waals surface area contributed by atoms with E-state index >= 15 is 0 Å². The molecule has 160 valence electrons. The quantitative estimate of drug-likeness (QED) is 0.595. The lowest BCUT2D eigenvalue weighted by Gasteiger charge is -2.23. The Balaban J connectivity index is 1.72. The molecule has 5 nitrogen and oxygen atoms in total. The van der Waals surface area contributed by atoms with E-state index in [2.05, 4.69) is 24.5 Å². The molecule has 2 N–H and O–H groups in total. The third-order valence-corrected chi connectivity index (χ3v) is 5.44. The Kier molecular flexibility index (Phi) is 7.75. The number of para-hydroxylation sites is 1. The molecular weight excluding hydrogens is 400 g/mol. The third kappa shape index (κ3) is 5.99. The number of rotatable bonds is 7. The van der Waals surface area contributed by atoms with Gasteiger partial charge in [-0.05, 0) is 49.1 Å². The molecule has 0 aliphatic heterocycles. The van der Waals surface area contributed by atoms with E-state index in [4.69, 9.17) is 16.3 Å². The number of ether oxygens (including phenoxy) is 1. The monoisotopic (exact) mass is 428 g/mol. The summed E-state index contributed by atoms with van der Waals surface area (Å²) in [5, 5.41) is 6.29. The predicted molar refractivity (Wildman–Crippen MR) is 121 cm³/mol. The van der Waals surface area contributed by atoms with Crippen molar-refractivity contribution in [3.8, 4) is 5.75 Å². The fourth-order valence-corrected chi connectivity index (χ4v) is 3.73. The average molecular weight is 429 g/mol. The van der Waals surface area contributed by atoms with Crippen LogP contribution in [0, 0.1) is 5.92 Å². The summed E-state index contributed by atoms with van der Waals surface area (Å²) in [7, 11) is 0. The molecule has 1 aliphatic carbocycles. The Morgan fingerprint density at radius 1 is 1.03 bits per heavy atom. The van der Waals surface area contributed by atoms with Gasteiger partial charge in [0.1, 0.15) is 5.75 Å². The Hall–Kier alpha value is -2.53. The van der Waals surface area contributed by atoms with Crippen LogP contribution in [0.4, 0.5) is 5.69 Å².